The summed E-state index contributed by atoms with van der Waals surface area (Å²) in [6.45, 7) is 0. The Morgan fingerprint density at radius 1 is 1.38 bits per heavy atom. The SMILES string of the molecule is COC(=O)c1ccoc1CSc1nnc(-c2ccccc2Br)n1N. The lowest BCUT2D eigenvalue weighted by Crippen LogP contribution is -2.12. The average molecular weight is 409 g/mol. The number of hydrogen-bond acceptors (Lipinski definition) is 7. The highest BCUT2D eigenvalue weighted by atomic mass is 79.9. The second kappa shape index (κ2) is 7.10. The maximum atomic E-state index is 11.6. The van der Waals surface area contributed by atoms with Gasteiger partial charge in [0.1, 0.15) is 11.3 Å². The van der Waals surface area contributed by atoms with Gasteiger partial charge in [-0.2, -0.15) is 0 Å². The molecule has 0 amide bonds. The molecule has 0 aliphatic rings. The van der Waals surface area contributed by atoms with Gasteiger partial charge in [-0.15, -0.1) is 10.2 Å². The van der Waals surface area contributed by atoms with Crippen molar-refractivity contribution < 1.29 is 13.9 Å². The van der Waals surface area contributed by atoms with E-state index in [0.717, 1.165) is 10.0 Å². The molecule has 0 fully saturated rings. The minimum absolute atomic E-state index is 0.378. The van der Waals surface area contributed by atoms with Gasteiger partial charge in [0.05, 0.1) is 19.1 Å². The van der Waals surface area contributed by atoms with Crippen molar-refractivity contribution in [1.29, 1.82) is 0 Å². The molecule has 2 aromatic heterocycles. The van der Waals surface area contributed by atoms with Gasteiger partial charge in [-0.3, -0.25) is 0 Å². The highest BCUT2D eigenvalue weighted by Gasteiger charge is 2.18. The summed E-state index contributed by atoms with van der Waals surface area (Å²) in [5.74, 6) is 7.07. The number of nitrogen functional groups attached to an aromatic ring is 1. The summed E-state index contributed by atoms with van der Waals surface area (Å²) in [6, 6.07) is 9.18. The number of nitrogens with zero attached hydrogens (tertiary/aromatic N) is 3. The number of thioether (sulfide) groups is 1. The Morgan fingerprint density at radius 2 is 2.17 bits per heavy atom. The Hall–Kier alpha value is -2.26. The molecule has 0 saturated heterocycles. The van der Waals surface area contributed by atoms with E-state index in [2.05, 4.69) is 26.1 Å². The Bertz CT molecular complexity index is 877. The van der Waals surface area contributed by atoms with Gasteiger partial charge in [0.15, 0.2) is 5.82 Å². The van der Waals surface area contributed by atoms with Crippen LogP contribution in [0.5, 0.6) is 0 Å². The second-order valence-corrected chi connectivity index (χ2v) is 6.49. The maximum absolute atomic E-state index is 11.6. The van der Waals surface area contributed by atoms with Gasteiger partial charge in [-0.05, 0) is 18.2 Å². The molecule has 124 valence electrons. The highest BCUT2D eigenvalue weighted by molar-refractivity contribution is 9.10. The van der Waals surface area contributed by atoms with Crippen LogP contribution in [-0.2, 0) is 10.5 Å². The van der Waals surface area contributed by atoms with Crippen LogP contribution in [0.4, 0.5) is 0 Å². The van der Waals surface area contributed by atoms with Crippen molar-refractivity contribution in [2.75, 3.05) is 13.0 Å². The van der Waals surface area contributed by atoms with E-state index in [4.69, 9.17) is 15.0 Å². The number of aromatic nitrogens is 3. The largest absolute Gasteiger partial charge is 0.468 e. The number of carbonyl (C=O) groups excluding carboxylic acids is 1. The summed E-state index contributed by atoms with van der Waals surface area (Å²) >= 11 is 4.79. The summed E-state index contributed by atoms with van der Waals surface area (Å²) in [4.78, 5) is 11.6. The van der Waals surface area contributed by atoms with E-state index in [1.165, 1.54) is 29.8 Å². The molecule has 0 saturated carbocycles. The molecule has 0 aliphatic carbocycles. The Balaban J connectivity index is 1.80. The molecule has 0 atom stereocenters. The summed E-state index contributed by atoms with van der Waals surface area (Å²) < 4.78 is 12.3. The van der Waals surface area contributed by atoms with Crippen molar-refractivity contribution in [2.24, 2.45) is 0 Å². The molecule has 0 radical (unpaired) electrons. The number of hydrogen-bond donors (Lipinski definition) is 1. The van der Waals surface area contributed by atoms with E-state index in [1.807, 2.05) is 24.3 Å². The molecule has 0 aliphatic heterocycles. The molecular formula is C15H13BrN4O3S. The van der Waals surface area contributed by atoms with Gasteiger partial charge in [0.2, 0.25) is 5.16 Å². The van der Waals surface area contributed by atoms with Gasteiger partial charge >= 0.3 is 5.97 Å². The minimum atomic E-state index is -0.442. The molecule has 0 spiro atoms. The minimum Gasteiger partial charge on any atom is -0.468 e. The number of ether oxygens (including phenoxy) is 1. The second-order valence-electron chi connectivity index (χ2n) is 4.69. The lowest BCUT2D eigenvalue weighted by atomic mass is 10.2. The van der Waals surface area contributed by atoms with Crippen LogP contribution >= 0.6 is 27.7 Å². The number of rotatable bonds is 5. The van der Waals surface area contributed by atoms with E-state index in [9.17, 15) is 4.79 Å². The first-order chi connectivity index (χ1) is 11.6. The molecule has 2 N–H and O–H groups in total. The fourth-order valence-electron chi connectivity index (χ4n) is 2.08. The van der Waals surface area contributed by atoms with Crippen molar-refractivity contribution in [2.45, 2.75) is 10.9 Å². The van der Waals surface area contributed by atoms with E-state index >= 15 is 0 Å². The number of benzene rings is 1. The van der Waals surface area contributed by atoms with Crippen LogP contribution in [-0.4, -0.2) is 28.0 Å². The quantitative estimate of drug-likeness (QED) is 0.393. The zero-order chi connectivity index (χ0) is 17.1. The Labute approximate surface area is 150 Å². The molecule has 0 unspecified atom stereocenters. The standard InChI is InChI=1S/C15H13BrN4O3S/c1-22-14(21)10-6-7-23-12(10)8-24-15-19-18-13(20(15)17)9-4-2-3-5-11(9)16/h2-7H,8,17H2,1H3. The lowest BCUT2D eigenvalue weighted by Gasteiger charge is -2.05. The van der Waals surface area contributed by atoms with E-state index in [1.54, 1.807) is 6.07 Å². The van der Waals surface area contributed by atoms with Crippen LogP contribution in [0.15, 0.2) is 50.6 Å². The van der Waals surface area contributed by atoms with Crippen LogP contribution in [0.3, 0.4) is 0 Å². The number of nitrogens with two attached hydrogens (primary N) is 1. The van der Waals surface area contributed by atoms with E-state index in [0.29, 0.717) is 28.1 Å². The number of furan rings is 1. The molecule has 1 aromatic carbocycles. The van der Waals surface area contributed by atoms with Crippen LogP contribution < -0.4 is 5.84 Å². The van der Waals surface area contributed by atoms with Gasteiger partial charge in [-0.1, -0.05) is 39.8 Å². The normalized spacial score (nSPS) is 10.8. The predicted molar refractivity (Wildman–Crippen MR) is 92.9 cm³/mol. The van der Waals surface area contributed by atoms with Gasteiger partial charge < -0.3 is 15.0 Å². The Kier molecular flexibility index (Phi) is 4.91. The first-order valence-corrected chi connectivity index (χ1v) is 8.62. The zero-order valence-electron chi connectivity index (χ0n) is 12.6. The summed E-state index contributed by atoms with van der Waals surface area (Å²) in [5, 5.41) is 8.74. The molecular weight excluding hydrogens is 396 g/mol. The molecule has 9 heteroatoms. The highest BCUT2D eigenvalue weighted by Crippen LogP contribution is 2.29. The first-order valence-electron chi connectivity index (χ1n) is 6.84. The lowest BCUT2D eigenvalue weighted by molar-refractivity contribution is 0.0598. The van der Waals surface area contributed by atoms with Crippen molar-refractivity contribution in [1.82, 2.24) is 14.9 Å². The number of halogens is 1. The van der Waals surface area contributed by atoms with E-state index < -0.39 is 5.97 Å². The number of carbonyl (C=O) groups is 1. The van der Waals surface area contributed by atoms with E-state index in [-0.39, 0.29) is 0 Å². The van der Waals surface area contributed by atoms with Crippen molar-refractivity contribution in [3.8, 4) is 11.4 Å². The monoisotopic (exact) mass is 408 g/mol. The molecule has 24 heavy (non-hydrogen) atoms. The van der Waals surface area contributed by atoms with Gasteiger partial charge in [0.25, 0.3) is 0 Å². The fourth-order valence-corrected chi connectivity index (χ4v) is 3.35. The van der Waals surface area contributed by atoms with Crippen molar-refractivity contribution in [3.63, 3.8) is 0 Å². The molecule has 2 heterocycles. The van der Waals surface area contributed by atoms with Crippen molar-refractivity contribution >= 4 is 33.7 Å². The maximum Gasteiger partial charge on any atom is 0.341 e. The number of esters is 1. The average Bonchev–Trinajstić information content (AvgIpc) is 3.20. The summed E-state index contributed by atoms with van der Waals surface area (Å²) in [6.07, 6.45) is 1.45. The fraction of sp³-hybridized carbons (Fsp3) is 0.133. The molecule has 7 nitrogen and oxygen atoms in total. The predicted octanol–water partition coefficient (Wildman–Crippen LogP) is 3.09. The van der Waals surface area contributed by atoms with Gasteiger partial charge in [-0.25, -0.2) is 9.47 Å². The smallest absolute Gasteiger partial charge is 0.341 e. The third-order valence-corrected chi connectivity index (χ3v) is 4.90. The molecule has 3 aromatic rings. The van der Waals surface area contributed by atoms with Crippen LogP contribution in [0.2, 0.25) is 0 Å². The third-order valence-electron chi connectivity index (χ3n) is 3.26. The zero-order valence-corrected chi connectivity index (χ0v) is 15.0. The van der Waals surface area contributed by atoms with Crippen molar-refractivity contribution in [3.05, 3.63) is 52.4 Å². The molecule has 0 bridgehead atoms. The van der Waals surface area contributed by atoms with Crippen LogP contribution in [0, 0.1) is 0 Å². The van der Waals surface area contributed by atoms with Gasteiger partial charge in [0, 0.05) is 10.0 Å². The molecule has 3 rings (SSSR count). The topological polar surface area (TPSA) is 96.2 Å². The summed E-state index contributed by atoms with van der Waals surface area (Å²) in [5.41, 5.74) is 1.23. The first kappa shape index (κ1) is 16.6. The number of methoxy groups -OCH3 is 1. The Morgan fingerprint density at radius 3 is 2.92 bits per heavy atom. The third kappa shape index (κ3) is 3.17. The van der Waals surface area contributed by atoms with Crippen LogP contribution in [0.1, 0.15) is 16.1 Å². The summed E-state index contributed by atoms with van der Waals surface area (Å²) in [7, 11) is 1.33. The van der Waals surface area contributed by atoms with Crippen LogP contribution in [0.25, 0.3) is 11.4 Å².